The van der Waals surface area contributed by atoms with Gasteiger partial charge in [-0.1, -0.05) is 0 Å². The van der Waals surface area contributed by atoms with Gasteiger partial charge in [0.15, 0.2) is 0 Å². The van der Waals surface area contributed by atoms with Crippen molar-refractivity contribution < 1.29 is 0 Å². The second kappa shape index (κ2) is 8.14. The molecule has 0 bridgehead atoms. The third kappa shape index (κ3) is 5.13. The van der Waals surface area contributed by atoms with Crippen LogP contribution in [-0.4, -0.2) is 61.5 Å². The first-order valence-electron chi connectivity index (χ1n) is 7.84. The summed E-state index contributed by atoms with van der Waals surface area (Å²) in [7, 11) is 4.10. The van der Waals surface area contributed by atoms with Gasteiger partial charge in [0.25, 0.3) is 5.56 Å². The summed E-state index contributed by atoms with van der Waals surface area (Å²) < 4.78 is 1.54. The fraction of sp³-hybridized carbons (Fsp3) is 0.733. The predicted octanol–water partition coefficient (Wildman–Crippen LogP) is 0.385. The maximum atomic E-state index is 12.1. The minimum absolute atomic E-state index is 0.00696. The van der Waals surface area contributed by atoms with Gasteiger partial charge in [0, 0.05) is 38.8 Å². The summed E-state index contributed by atoms with van der Waals surface area (Å²) in [6.07, 6.45) is 5.53. The van der Waals surface area contributed by atoms with Gasteiger partial charge in [-0.15, -0.1) is 0 Å². The van der Waals surface area contributed by atoms with E-state index < -0.39 is 0 Å². The zero-order chi connectivity index (χ0) is 15.1. The number of rotatable bonds is 7. The number of nitrogens with zero attached hydrogens (tertiary/aromatic N) is 4. The number of likely N-dealkylation sites (N-methyl/N-ethyl adjacent to an activating group) is 1. The molecule has 21 heavy (non-hydrogen) atoms. The van der Waals surface area contributed by atoms with Gasteiger partial charge < -0.3 is 15.1 Å². The second-order valence-electron chi connectivity index (χ2n) is 5.88. The van der Waals surface area contributed by atoms with Crippen LogP contribution in [0.3, 0.4) is 0 Å². The first-order valence-corrected chi connectivity index (χ1v) is 7.84. The number of anilines is 1. The van der Waals surface area contributed by atoms with Crippen LogP contribution in [0.15, 0.2) is 17.1 Å². The summed E-state index contributed by atoms with van der Waals surface area (Å²) >= 11 is 0. The van der Waals surface area contributed by atoms with Crippen LogP contribution in [0, 0.1) is 0 Å². The molecule has 1 N–H and O–H groups in total. The van der Waals surface area contributed by atoms with E-state index in [2.05, 4.69) is 20.2 Å². The average Bonchev–Trinajstić information content (AvgIpc) is 2.49. The molecule has 1 aromatic rings. The van der Waals surface area contributed by atoms with Crippen LogP contribution in [-0.2, 0) is 6.54 Å². The Morgan fingerprint density at radius 1 is 1.24 bits per heavy atom. The van der Waals surface area contributed by atoms with Gasteiger partial charge in [-0.3, -0.25) is 4.79 Å². The lowest BCUT2D eigenvalue weighted by atomic mass is 10.1. The van der Waals surface area contributed by atoms with Gasteiger partial charge >= 0.3 is 0 Å². The van der Waals surface area contributed by atoms with E-state index in [1.807, 2.05) is 20.3 Å². The summed E-state index contributed by atoms with van der Waals surface area (Å²) in [6.45, 7) is 5.38. The van der Waals surface area contributed by atoms with Crippen molar-refractivity contribution in [2.24, 2.45) is 0 Å². The smallest absolute Gasteiger partial charge is 0.268 e. The molecule has 1 fully saturated rings. The number of hydrogen-bond donors (Lipinski definition) is 1. The van der Waals surface area contributed by atoms with Crippen molar-refractivity contribution in [3.05, 3.63) is 22.6 Å². The molecule has 2 rings (SSSR count). The molecular formula is C15H27N5O. The largest absolute Gasteiger partial charge is 0.370 e. The Morgan fingerprint density at radius 3 is 2.67 bits per heavy atom. The second-order valence-corrected chi connectivity index (χ2v) is 5.88. The minimum Gasteiger partial charge on any atom is -0.370 e. The summed E-state index contributed by atoms with van der Waals surface area (Å²) in [6, 6.07) is 1.72. The molecule has 6 heteroatoms. The van der Waals surface area contributed by atoms with E-state index in [9.17, 15) is 4.79 Å². The molecule has 0 saturated carbocycles. The Bertz CT molecular complexity index is 479. The summed E-state index contributed by atoms with van der Waals surface area (Å²) in [5.74, 6) is 0. The molecule has 1 aliphatic rings. The van der Waals surface area contributed by atoms with Crippen molar-refractivity contribution >= 4 is 5.69 Å². The van der Waals surface area contributed by atoms with Crippen LogP contribution in [0.2, 0.25) is 0 Å². The van der Waals surface area contributed by atoms with E-state index in [1.54, 1.807) is 6.07 Å². The molecular weight excluding hydrogens is 266 g/mol. The monoisotopic (exact) mass is 293 g/mol. The normalized spacial score (nSPS) is 15.7. The van der Waals surface area contributed by atoms with E-state index >= 15 is 0 Å². The average molecular weight is 293 g/mol. The zero-order valence-corrected chi connectivity index (χ0v) is 13.2. The van der Waals surface area contributed by atoms with Crippen LogP contribution in [0.25, 0.3) is 0 Å². The van der Waals surface area contributed by atoms with Crippen LogP contribution in [0.4, 0.5) is 5.69 Å². The molecule has 0 atom stereocenters. The summed E-state index contributed by atoms with van der Waals surface area (Å²) in [5, 5.41) is 7.62. The number of nitrogens with one attached hydrogen (secondary N) is 1. The quantitative estimate of drug-likeness (QED) is 0.737. The van der Waals surface area contributed by atoms with Crippen molar-refractivity contribution in [3.63, 3.8) is 0 Å². The van der Waals surface area contributed by atoms with Crippen LogP contribution in [0.5, 0.6) is 0 Å². The highest BCUT2D eigenvalue weighted by Gasteiger charge is 2.12. The first kappa shape index (κ1) is 16.0. The van der Waals surface area contributed by atoms with Gasteiger partial charge in [-0.05, 0) is 33.4 Å². The minimum atomic E-state index is -0.00696. The lowest BCUT2D eigenvalue weighted by Crippen LogP contribution is -2.34. The molecule has 6 nitrogen and oxygen atoms in total. The number of aromatic nitrogens is 2. The van der Waals surface area contributed by atoms with Crippen LogP contribution >= 0.6 is 0 Å². The van der Waals surface area contributed by atoms with Crippen molar-refractivity contribution in [2.45, 2.75) is 25.8 Å². The van der Waals surface area contributed by atoms with Gasteiger partial charge in [-0.2, -0.15) is 5.10 Å². The van der Waals surface area contributed by atoms with E-state index in [0.29, 0.717) is 6.54 Å². The molecule has 0 radical (unpaired) electrons. The Hall–Kier alpha value is -1.40. The third-order valence-corrected chi connectivity index (χ3v) is 3.81. The van der Waals surface area contributed by atoms with Crippen molar-refractivity contribution in [3.8, 4) is 0 Å². The van der Waals surface area contributed by atoms with Crippen molar-refractivity contribution in [2.75, 3.05) is 51.7 Å². The molecule has 2 heterocycles. The van der Waals surface area contributed by atoms with Crippen molar-refractivity contribution in [1.82, 2.24) is 20.0 Å². The van der Waals surface area contributed by atoms with E-state index in [0.717, 1.165) is 38.4 Å². The zero-order valence-electron chi connectivity index (χ0n) is 13.2. The van der Waals surface area contributed by atoms with E-state index in [4.69, 9.17) is 0 Å². The fourth-order valence-electron chi connectivity index (χ4n) is 2.53. The predicted molar refractivity (Wildman–Crippen MR) is 86.0 cm³/mol. The Balaban J connectivity index is 1.83. The number of piperidine rings is 1. The fourth-order valence-corrected chi connectivity index (χ4v) is 2.53. The molecule has 0 aliphatic carbocycles. The Labute approximate surface area is 126 Å². The highest BCUT2D eigenvalue weighted by Crippen LogP contribution is 2.16. The standard InChI is InChI=1S/C15H27N5O/c1-18(2)10-6-16-7-11-20-15(21)12-14(13-17-20)19-8-4-3-5-9-19/h12-13,16H,3-11H2,1-2H3. The van der Waals surface area contributed by atoms with Crippen LogP contribution < -0.4 is 15.8 Å². The van der Waals surface area contributed by atoms with E-state index in [-0.39, 0.29) is 5.56 Å². The van der Waals surface area contributed by atoms with Gasteiger partial charge in [0.1, 0.15) is 0 Å². The Morgan fingerprint density at radius 2 is 2.00 bits per heavy atom. The summed E-state index contributed by atoms with van der Waals surface area (Å²) in [5.41, 5.74) is 0.962. The lowest BCUT2D eigenvalue weighted by molar-refractivity contribution is 0.395. The molecule has 0 aromatic carbocycles. The maximum absolute atomic E-state index is 12.1. The van der Waals surface area contributed by atoms with E-state index in [1.165, 1.54) is 23.9 Å². The highest BCUT2D eigenvalue weighted by molar-refractivity contribution is 5.43. The molecule has 1 aromatic heterocycles. The molecule has 0 spiro atoms. The summed E-state index contributed by atoms with van der Waals surface area (Å²) in [4.78, 5) is 16.5. The SMILES string of the molecule is CN(C)CCNCCn1ncc(N2CCCCC2)cc1=O. The first-order chi connectivity index (χ1) is 10.2. The Kier molecular flexibility index (Phi) is 6.20. The molecule has 0 amide bonds. The lowest BCUT2D eigenvalue weighted by Gasteiger charge is -2.28. The number of hydrogen-bond acceptors (Lipinski definition) is 5. The molecule has 0 unspecified atom stereocenters. The topological polar surface area (TPSA) is 53.4 Å². The molecule has 1 saturated heterocycles. The van der Waals surface area contributed by atoms with Crippen molar-refractivity contribution in [1.29, 1.82) is 0 Å². The van der Waals surface area contributed by atoms with Gasteiger partial charge in [0.05, 0.1) is 18.4 Å². The highest BCUT2D eigenvalue weighted by atomic mass is 16.1. The van der Waals surface area contributed by atoms with Gasteiger partial charge in [-0.25, -0.2) is 4.68 Å². The molecule has 1 aliphatic heterocycles. The van der Waals surface area contributed by atoms with Crippen LogP contribution in [0.1, 0.15) is 19.3 Å². The molecule has 118 valence electrons. The maximum Gasteiger partial charge on any atom is 0.268 e. The third-order valence-electron chi connectivity index (χ3n) is 3.81. The van der Waals surface area contributed by atoms with Gasteiger partial charge in [0.2, 0.25) is 0 Å².